The highest BCUT2D eigenvalue weighted by molar-refractivity contribution is 9.10. The second kappa shape index (κ2) is 10.2. The van der Waals surface area contributed by atoms with Crippen LogP contribution in [0.2, 0.25) is 0 Å². The Morgan fingerprint density at radius 3 is 2.33 bits per heavy atom. The molecular formula is C24H25BrN2O3. The summed E-state index contributed by atoms with van der Waals surface area (Å²) in [4.78, 5) is 12.2. The summed E-state index contributed by atoms with van der Waals surface area (Å²) in [5, 5.41) is 6.22. The predicted octanol–water partition coefficient (Wildman–Crippen LogP) is 5.70. The minimum Gasteiger partial charge on any atom is -0.497 e. The fraction of sp³-hybridized carbons (Fsp3) is 0.208. The van der Waals surface area contributed by atoms with Crippen molar-refractivity contribution in [3.05, 3.63) is 81.8 Å². The molecule has 3 aromatic carbocycles. The number of hydrogen-bond donors (Lipinski definition) is 2. The predicted molar refractivity (Wildman–Crippen MR) is 125 cm³/mol. The molecule has 30 heavy (non-hydrogen) atoms. The topological polar surface area (TPSA) is 59.6 Å². The van der Waals surface area contributed by atoms with Crippen molar-refractivity contribution in [2.24, 2.45) is 0 Å². The summed E-state index contributed by atoms with van der Waals surface area (Å²) in [6.07, 6.45) is 0. The zero-order chi connectivity index (χ0) is 21.5. The number of nitrogens with one attached hydrogen (secondary N) is 2. The molecule has 0 atom stereocenters. The van der Waals surface area contributed by atoms with Crippen LogP contribution in [0.15, 0.2) is 65.1 Å². The van der Waals surface area contributed by atoms with Crippen LogP contribution >= 0.6 is 15.9 Å². The van der Waals surface area contributed by atoms with E-state index in [1.807, 2.05) is 74.5 Å². The molecule has 0 fully saturated rings. The summed E-state index contributed by atoms with van der Waals surface area (Å²) in [5.41, 5.74) is 5.19. The molecule has 156 valence electrons. The lowest BCUT2D eigenvalue weighted by Crippen LogP contribution is -2.20. The molecule has 0 aliphatic heterocycles. The Labute approximate surface area is 185 Å². The van der Waals surface area contributed by atoms with Gasteiger partial charge in [-0.2, -0.15) is 0 Å². The highest BCUT2D eigenvalue weighted by Crippen LogP contribution is 2.27. The standard InChI is InChI=1S/C24H25BrN2O3/c1-16-4-6-20(12-17(16)2)27-24(28)15-30-23-11-5-18(13-22(23)25)14-26-19-7-9-21(29-3)10-8-19/h4-13,26H,14-15H2,1-3H3,(H,27,28). The van der Waals surface area contributed by atoms with Crippen LogP contribution in [-0.2, 0) is 11.3 Å². The summed E-state index contributed by atoms with van der Waals surface area (Å²) < 4.78 is 11.6. The van der Waals surface area contributed by atoms with Crippen molar-refractivity contribution in [1.82, 2.24) is 0 Å². The molecule has 3 aromatic rings. The normalized spacial score (nSPS) is 10.4. The third-order valence-electron chi connectivity index (χ3n) is 4.73. The molecule has 0 saturated carbocycles. The summed E-state index contributed by atoms with van der Waals surface area (Å²) in [6, 6.07) is 19.4. The van der Waals surface area contributed by atoms with Gasteiger partial charge in [-0.3, -0.25) is 4.79 Å². The number of halogens is 1. The van der Waals surface area contributed by atoms with Crippen molar-refractivity contribution in [2.75, 3.05) is 24.4 Å². The van der Waals surface area contributed by atoms with Gasteiger partial charge in [0.1, 0.15) is 11.5 Å². The van der Waals surface area contributed by atoms with Crippen molar-refractivity contribution in [3.63, 3.8) is 0 Å². The Morgan fingerprint density at radius 2 is 1.67 bits per heavy atom. The van der Waals surface area contributed by atoms with Crippen LogP contribution in [0, 0.1) is 13.8 Å². The van der Waals surface area contributed by atoms with E-state index in [1.165, 1.54) is 5.56 Å². The molecule has 2 N–H and O–H groups in total. The number of amides is 1. The molecule has 3 rings (SSSR count). The van der Waals surface area contributed by atoms with Gasteiger partial charge in [0.25, 0.3) is 5.91 Å². The number of hydrogen-bond acceptors (Lipinski definition) is 4. The molecule has 0 radical (unpaired) electrons. The maximum atomic E-state index is 12.2. The minimum absolute atomic E-state index is 0.0605. The van der Waals surface area contributed by atoms with E-state index in [1.54, 1.807) is 7.11 Å². The number of aryl methyl sites for hydroxylation is 2. The average molecular weight is 469 g/mol. The van der Waals surface area contributed by atoms with Crippen LogP contribution in [0.3, 0.4) is 0 Å². The van der Waals surface area contributed by atoms with Crippen LogP contribution in [-0.4, -0.2) is 19.6 Å². The van der Waals surface area contributed by atoms with Crippen LogP contribution in [0.1, 0.15) is 16.7 Å². The molecule has 1 amide bonds. The number of ether oxygens (including phenoxy) is 2. The van der Waals surface area contributed by atoms with Crippen molar-refractivity contribution >= 4 is 33.2 Å². The van der Waals surface area contributed by atoms with Crippen LogP contribution in [0.5, 0.6) is 11.5 Å². The molecule has 0 unspecified atom stereocenters. The summed E-state index contributed by atoms with van der Waals surface area (Å²) in [6.45, 7) is 4.66. The fourth-order valence-corrected chi connectivity index (χ4v) is 3.38. The molecule has 0 aliphatic carbocycles. The Balaban J connectivity index is 1.51. The Morgan fingerprint density at radius 1 is 0.933 bits per heavy atom. The van der Waals surface area contributed by atoms with E-state index in [4.69, 9.17) is 9.47 Å². The van der Waals surface area contributed by atoms with Crippen molar-refractivity contribution < 1.29 is 14.3 Å². The number of anilines is 2. The fourth-order valence-electron chi connectivity index (χ4n) is 2.84. The summed E-state index contributed by atoms with van der Waals surface area (Å²) in [7, 11) is 1.65. The Kier molecular flexibility index (Phi) is 7.36. The monoisotopic (exact) mass is 468 g/mol. The number of methoxy groups -OCH3 is 1. The van der Waals surface area contributed by atoms with Gasteiger partial charge in [-0.05, 0) is 95.0 Å². The maximum absolute atomic E-state index is 12.2. The van der Waals surface area contributed by atoms with Crippen LogP contribution in [0.25, 0.3) is 0 Å². The molecule has 0 saturated heterocycles. The van der Waals surface area contributed by atoms with Gasteiger partial charge in [0.15, 0.2) is 6.61 Å². The number of benzene rings is 3. The zero-order valence-electron chi connectivity index (χ0n) is 17.3. The molecule has 0 spiro atoms. The molecule has 5 nitrogen and oxygen atoms in total. The number of rotatable bonds is 8. The second-order valence-electron chi connectivity index (χ2n) is 6.98. The lowest BCUT2D eigenvalue weighted by atomic mass is 10.1. The van der Waals surface area contributed by atoms with Gasteiger partial charge < -0.3 is 20.1 Å². The van der Waals surface area contributed by atoms with Crippen LogP contribution in [0.4, 0.5) is 11.4 Å². The quantitative estimate of drug-likeness (QED) is 0.444. The summed E-state index contributed by atoms with van der Waals surface area (Å²) >= 11 is 3.53. The van der Waals surface area contributed by atoms with Crippen molar-refractivity contribution in [1.29, 1.82) is 0 Å². The van der Waals surface area contributed by atoms with E-state index in [9.17, 15) is 4.79 Å². The van der Waals surface area contributed by atoms with Gasteiger partial charge in [0.05, 0.1) is 11.6 Å². The van der Waals surface area contributed by atoms with E-state index >= 15 is 0 Å². The lowest BCUT2D eigenvalue weighted by molar-refractivity contribution is -0.118. The molecule has 0 heterocycles. The van der Waals surface area contributed by atoms with E-state index in [-0.39, 0.29) is 12.5 Å². The Bertz CT molecular complexity index is 1020. The van der Waals surface area contributed by atoms with Crippen LogP contribution < -0.4 is 20.1 Å². The van der Waals surface area contributed by atoms with Gasteiger partial charge in [-0.15, -0.1) is 0 Å². The third-order valence-corrected chi connectivity index (χ3v) is 5.35. The molecule has 0 bridgehead atoms. The van der Waals surface area contributed by atoms with E-state index in [0.717, 1.165) is 32.7 Å². The highest BCUT2D eigenvalue weighted by Gasteiger charge is 2.08. The van der Waals surface area contributed by atoms with Gasteiger partial charge >= 0.3 is 0 Å². The SMILES string of the molecule is COc1ccc(NCc2ccc(OCC(=O)Nc3ccc(C)c(C)c3)c(Br)c2)cc1. The third kappa shape index (κ3) is 6.00. The van der Waals surface area contributed by atoms with E-state index in [2.05, 4.69) is 26.6 Å². The van der Waals surface area contributed by atoms with Gasteiger partial charge in [-0.25, -0.2) is 0 Å². The first-order valence-corrected chi connectivity index (χ1v) is 10.4. The van der Waals surface area contributed by atoms with Crippen molar-refractivity contribution in [3.8, 4) is 11.5 Å². The van der Waals surface area contributed by atoms with E-state index in [0.29, 0.717) is 12.3 Å². The van der Waals surface area contributed by atoms with Gasteiger partial charge in [0, 0.05) is 17.9 Å². The van der Waals surface area contributed by atoms with Gasteiger partial charge in [0.2, 0.25) is 0 Å². The number of carbonyl (C=O) groups excluding carboxylic acids is 1. The molecule has 0 aromatic heterocycles. The summed E-state index contributed by atoms with van der Waals surface area (Å²) in [5.74, 6) is 1.25. The molecule has 0 aliphatic rings. The van der Waals surface area contributed by atoms with Crippen molar-refractivity contribution in [2.45, 2.75) is 20.4 Å². The van der Waals surface area contributed by atoms with Gasteiger partial charge in [-0.1, -0.05) is 12.1 Å². The molecule has 6 heteroatoms. The first-order valence-electron chi connectivity index (χ1n) is 9.61. The largest absolute Gasteiger partial charge is 0.497 e. The first kappa shape index (κ1) is 21.7. The Hall–Kier alpha value is -2.99. The zero-order valence-corrected chi connectivity index (χ0v) is 18.9. The molecular weight excluding hydrogens is 444 g/mol. The van der Waals surface area contributed by atoms with E-state index < -0.39 is 0 Å². The maximum Gasteiger partial charge on any atom is 0.262 e. The minimum atomic E-state index is -0.199. The second-order valence-corrected chi connectivity index (χ2v) is 7.84. The average Bonchev–Trinajstić information content (AvgIpc) is 2.74. The number of carbonyl (C=O) groups is 1. The highest BCUT2D eigenvalue weighted by atomic mass is 79.9. The lowest BCUT2D eigenvalue weighted by Gasteiger charge is -2.12. The smallest absolute Gasteiger partial charge is 0.262 e. The first-order chi connectivity index (χ1) is 14.4.